The first-order valence-electron chi connectivity index (χ1n) is 7.83. The van der Waals surface area contributed by atoms with Crippen LogP contribution in [0.1, 0.15) is 51.4 Å². The van der Waals surface area contributed by atoms with E-state index in [0.29, 0.717) is 11.8 Å². The summed E-state index contributed by atoms with van der Waals surface area (Å²) in [5.74, 6) is 0.484. The first kappa shape index (κ1) is 12.6. The van der Waals surface area contributed by atoms with Crippen LogP contribution < -0.4 is 0 Å². The van der Waals surface area contributed by atoms with Gasteiger partial charge in [-0.05, 0) is 58.3 Å². The predicted molar refractivity (Wildman–Crippen MR) is 72.7 cm³/mol. The van der Waals surface area contributed by atoms with Gasteiger partial charge in [-0.15, -0.1) is 0 Å². The van der Waals surface area contributed by atoms with Crippen molar-refractivity contribution in [3.8, 4) is 0 Å². The summed E-state index contributed by atoms with van der Waals surface area (Å²) in [5.41, 5.74) is 0. The topological polar surface area (TPSA) is 23.6 Å². The molecule has 3 rings (SSSR count). The molecule has 2 saturated heterocycles. The lowest BCUT2D eigenvalue weighted by Crippen LogP contribution is -2.48. The van der Waals surface area contributed by atoms with Crippen molar-refractivity contribution in [2.24, 2.45) is 0 Å². The highest BCUT2D eigenvalue weighted by Crippen LogP contribution is 2.26. The fraction of sp³-hybridized carbons (Fsp3) is 0.933. The van der Waals surface area contributed by atoms with Gasteiger partial charge in [-0.3, -0.25) is 9.69 Å². The Bertz CT molecular complexity index is 291. The number of nitrogens with zero attached hydrogens (tertiary/aromatic N) is 2. The molecular formula is C15H26N2O. The molecule has 2 heterocycles. The minimum Gasteiger partial charge on any atom is -0.300 e. The lowest BCUT2D eigenvalue weighted by molar-refractivity contribution is -0.117. The Labute approximate surface area is 111 Å². The summed E-state index contributed by atoms with van der Waals surface area (Å²) in [6, 6.07) is 1.42. The predicted octanol–water partition coefficient (Wildman–Crippen LogP) is 2.06. The molecule has 1 atom stereocenters. The zero-order chi connectivity index (χ0) is 12.4. The van der Waals surface area contributed by atoms with E-state index in [4.69, 9.17) is 0 Å². The second-order valence-corrected chi connectivity index (χ2v) is 6.30. The van der Waals surface area contributed by atoms with Gasteiger partial charge < -0.3 is 4.90 Å². The summed E-state index contributed by atoms with van der Waals surface area (Å²) in [5, 5.41) is 0. The van der Waals surface area contributed by atoms with Crippen LogP contribution in [0.3, 0.4) is 0 Å². The van der Waals surface area contributed by atoms with E-state index in [0.717, 1.165) is 25.3 Å². The molecular weight excluding hydrogens is 224 g/mol. The fourth-order valence-electron chi connectivity index (χ4n) is 4.01. The number of carbonyl (C=O) groups excluding carboxylic acids is 1. The fourth-order valence-corrected chi connectivity index (χ4v) is 4.01. The SMILES string of the molecule is O=C1CCC(N2CCC(N3CCCCC3)CC2)C1. The van der Waals surface area contributed by atoms with Crippen LogP contribution in [0, 0.1) is 0 Å². The molecule has 0 amide bonds. The van der Waals surface area contributed by atoms with E-state index in [1.165, 1.54) is 58.3 Å². The molecule has 0 aromatic rings. The second-order valence-electron chi connectivity index (χ2n) is 6.30. The van der Waals surface area contributed by atoms with Crippen molar-refractivity contribution in [2.75, 3.05) is 26.2 Å². The molecule has 1 aliphatic carbocycles. The first-order chi connectivity index (χ1) is 8.83. The van der Waals surface area contributed by atoms with Crippen molar-refractivity contribution in [3.63, 3.8) is 0 Å². The monoisotopic (exact) mass is 250 g/mol. The molecule has 3 nitrogen and oxygen atoms in total. The van der Waals surface area contributed by atoms with Gasteiger partial charge in [0.05, 0.1) is 0 Å². The maximum Gasteiger partial charge on any atom is 0.134 e. The molecule has 18 heavy (non-hydrogen) atoms. The van der Waals surface area contributed by atoms with Crippen LogP contribution >= 0.6 is 0 Å². The van der Waals surface area contributed by atoms with Crippen molar-refractivity contribution >= 4 is 5.78 Å². The largest absolute Gasteiger partial charge is 0.300 e. The van der Waals surface area contributed by atoms with Gasteiger partial charge in [-0.1, -0.05) is 6.42 Å². The lowest BCUT2D eigenvalue weighted by atomic mass is 9.98. The Hall–Kier alpha value is -0.410. The Kier molecular flexibility index (Phi) is 4.00. The number of rotatable bonds is 2. The van der Waals surface area contributed by atoms with Gasteiger partial charge in [-0.25, -0.2) is 0 Å². The van der Waals surface area contributed by atoms with Crippen molar-refractivity contribution in [3.05, 3.63) is 0 Å². The van der Waals surface area contributed by atoms with E-state index < -0.39 is 0 Å². The molecule has 2 aliphatic heterocycles. The first-order valence-corrected chi connectivity index (χ1v) is 7.83. The molecule has 1 unspecified atom stereocenters. The van der Waals surface area contributed by atoms with Crippen LogP contribution in [0.4, 0.5) is 0 Å². The number of hydrogen-bond donors (Lipinski definition) is 0. The molecule has 102 valence electrons. The van der Waals surface area contributed by atoms with E-state index in [1.54, 1.807) is 0 Å². The van der Waals surface area contributed by atoms with Crippen LogP contribution in [-0.4, -0.2) is 53.8 Å². The zero-order valence-electron chi connectivity index (χ0n) is 11.4. The van der Waals surface area contributed by atoms with Crippen molar-refractivity contribution in [1.82, 2.24) is 9.80 Å². The summed E-state index contributed by atoms with van der Waals surface area (Å²) >= 11 is 0. The molecule has 0 bridgehead atoms. The Balaban J connectivity index is 1.47. The number of carbonyl (C=O) groups is 1. The summed E-state index contributed by atoms with van der Waals surface area (Å²) in [4.78, 5) is 16.7. The van der Waals surface area contributed by atoms with Gasteiger partial charge in [0.15, 0.2) is 0 Å². The highest BCUT2D eigenvalue weighted by atomic mass is 16.1. The minimum absolute atomic E-state index is 0.484. The van der Waals surface area contributed by atoms with Gasteiger partial charge in [0, 0.05) is 24.9 Å². The molecule has 1 saturated carbocycles. The van der Waals surface area contributed by atoms with Crippen molar-refractivity contribution < 1.29 is 4.79 Å². The summed E-state index contributed by atoms with van der Waals surface area (Å²) in [6.07, 6.45) is 9.65. The molecule has 0 aromatic heterocycles. The van der Waals surface area contributed by atoms with E-state index in [2.05, 4.69) is 9.80 Å². The molecule has 0 aromatic carbocycles. The van der Waals surface area contributed by atoms with Gasteiger partial charge in [-0.2, -0.15) is 0 Å². The van der Waals surface area contributed by atoms with E-state index in [9.17, 15) is 4.79 Å². The third-order valence-corrected chi connectivity index (χ3v) is 5.14. The third kappa shape index (κ3) is 2.77. The maximum atomic E-state index is 11.4. The van der Waals surface area contributed by atoms with Crippen molar-refractivity contribution in [1.29, 1.82) is 0 Å². The smallest absolute Gasteiger partial charge is 0.134 e. The maximum absolute atomic E-state index is 11.4. The van der Waals surface area contributed by atoms with Crippen LogP contribution in [0.25, 0.3) is 0 Å². The summed E-state index contributed by atoms with van der Waals surface area (Å²) in [6.45, 7) is 5.09. The molecule has 3 heteroatoms. The average Bonchev–Trinajstić information content (AvgIpc) is 2.87. The molecule has 3 aliphatic rings. The standard InChI is InChI=1S/C15H26N2O/c18-15-5-4-14(12-15)17-10-6-13(7-11-17)16-8-2-1-3-9-16/h13-14H,1-12H2. The number of hydrogen-bond acceptors (Lipinski definition) is 3. The average molecular weight is 250 g/mol. The lowest BCUT2D eigenvalue weighted by Gasteiger charge is -2.41. The normalized spacial score (nSPS) is 33.1. The van der Waals surface area contributed by atoms with Crippen LogP contribution in [0.5, 0.6) is 0 Å². The van der Waals surface area contributed by atoms with Gasteiger partial charge in [0.25, 0.3) is 0 Å². The van der Waals surface area contributed by atoms with Gasteiger partial charge in [0.1, 0.15) is 5.78 Å². The summed E-state index contributed by atoms with van der Waals surface area (Å²) < 4.78 is 0. The Morgan fingerprint density at radius 3 is 2.06 bits per heavy atom. The minimum atomic E-state index is 0.484. The van der Waals surface area contributed by atoms with E-state index in [-0.39, 0.29) is 0 Å². The number of ketones is 1. The molecule has 0 radical (unpaired) electrons. The number of piperidine rings is 2. The van der Waals surface area contributed by atoms with E-state index >= 15 is 0 Å². The number of Topliss-reactive ketones (excluding diaryl/α,β-unsaturated/α-hetero) is 1. The number of likely N-dealkylation sites (tertiary alicyclic amines) is 2. The zero-order valence-corrected chi connectivity index (χ0v) is 11.4. The second kappa shape index (κ2) is 5.70. The van der Waals surface area contributed by atoms with E-state index in [1.807, 2.05) is 0 Å². The Morgan fingerprint density at radius 1 is 0.778 bits per heavy atom. The highest BCUT2D eigenvalue weighted by Gasteiger charge is 2.32. The summed E-state index contributed by atoms with van der Waals surface area (Å²) in [7, 11) is 0. The quantitative estimate of drug-likeness (QED) is 0.749. The van der Waals surface area contributed by atoms with Crippen LogP contribution in [0.2, 0.25) is 0 Å². The Morgan fingerprint density at radius 2 is 1.44 bits per heavy atom. The van der Waals surface area contributed by atoms with Crippen LogP contribution in [-0.2, 0) is 4.79 Å². The molecule has 0 N–H and O–H groups in total. The molecule has 0 spiro atoms. The highest BCUT2D eigenvalue weighted by molar-refractivity contribution is 5.81. The van der Waals surface area contributed by atoms with Crippen LogP contribution in [0.15, 0.2) is 0 Å². The molecule has 3 fully saturated rings. The van der Waals surface area contributed by atoms with Gasteiger partial charge in [0.2, 0.25) is 0 Å². The van der Waals surface area contributed by atoms with Crippen molar-refractivity contribution in [2.45, 2.75) is 63.5 Å². The third-order valence-electron chi connectivity index (χ3n) is 5.14. The van der Waals surface area contributed by atoms with Gasteiger partial charge >= 0.3 is 0 Å².